The van der Waals surface area contributed by atoms with Crippen LogP contribution in [0.1, 0.15) is 41.7 Å². The Balaban J connectivity index is 1.53. The van der Waals surface area contributed by atoms with Crippen molar-refractivity contribution in [2.75, 3.05) is 14.2 Å². The van der Waals surface area contributed by atoms with E-state index in [1.807, 2.05) is 23.7 Å². The third-order valence-corrected chi connectivity index (χ3v) is 8.84. The first-order valence-corrected chi connectivity index (χ1v) is 13.4. The third kappa shape index (κ3) is 4.88. The number of rotatable bonds is 8. The summed E-state index contributed by atoms with van der Waals surface area (Å²) >= 11 is 1.85. The quantitative estimate of drug-likeness (QED) is 0.294. The maximum Gasteiger partial charge on any atom is 0.123 e. The molecule has 1 aliphatic rings. The summed E-state index contributed by atoms with van der Waals surface area (Å²) in [6, 6.07) is 16.0. The van der Waals surface area contributed by atoms with E-state index in [-0.39, 0.29) is 0 Å². The monoisotopic (exact) mass is 498 g/mol. The molecule has 0 radical (unpaired) electrons. The molecule has 5 rings (SSSR count). The summed E-state index contributed by atoms with van der Waals surface area (Å²) in [7, 11) is 3.82. The maximum absolute atomic E-state index is 5.82. The Morgan fingerprint density at radius 2 is 1.83 bits per heavy atom. The second-order valence-electron chi connectivity index (χ2n) is 9.57. The molecule has 2 aromatic heterocycles. The smallest absolute Gasteiger partial charge is 0.123 e. The Hall–Kier alpha value is -3.22. The fraction of sp³-hybridized carbons (Fsp3) is 0.333. The Morgan fingerprint density at radius 1 is 1.08 bits per heavy atom. The van der Waals surface area contributed by atoms with Crippen molar-refractivity contribution in [2.24, 2.45) is 0 Å². The van der Waals surface area contributed by atoms with Crippen molar-refractivity contribution in [3.63, 3.8) is 0 Å². The molecule has 4 aromatic rings. The number of thiophene rings is 1. The van der Waals surface area contributed by atoms with Crippen molar-refractivity contribution in [1.29, 1.82) is 0 Å². The van der Waals surface area contributed by atoms with Crippen molar-refractivity contribution in [2.45, 2.75) is 51.2 Å². The van der Waals surface area contributed by atoms with E-state index in [0.29, 0.717) is 12.1 Å². The largest absolute Gasteiger partial charge is 0.496 e. The predicted octanol–water partition coefficient (Wildman–Crippen LogP) is 6.68. The van der Waals surface area contributed by atoms with Crippen LogP contribution in [0.15, 0.2) is 67.8 Å². The van der Waals surface area contributed by atoms with Gasteiger partial charge in [0.15, 0.2) is 0 Å². The predicted molar refractivity (Wildman–Crippen MR) is 150 cm³/mol. The number of nitrogens with one attached hydrogen (secondary N) is 1. The molecule has 2 aromatic carbocycles. The van der Waals surface area contributed by atoms with Crippen LogP contribution in [0.5, 0.6) is 5.75 Å². The zero-order valence-electron chi connectivity index (χ0n) is 21.3. The summed E-state index contributed by atoms with van der Waals surface area (Å²) < 4.78 is 7.13. The van der Waals surface area contributed by atoms with E-state index in [9.17, 15) is 0 Å². The summed E-state index contributed by atoms with van der Waals surface area (Å²) in [6.07, 6.45) is 9.91. The molecule has 5 nitrogen and oxygen atoms in total. The molecule has 0 amide bonds. The highest BCUT2D eigenvalue weighted by Crippen LogP contribution is 2.40. The lowest BCUT2D eigenvalue weighted by atomic mass is 9.89. The summed E-state index contributed by atoms with van der Waals surface area (Å²) in [4.78, 5) is 12.2. The Kier molecular flexibility index (Phi) is 7.35. The SMILES string of the molecule is C=C(c1sc2ccccc2c1C)N(Cc1cc(-c2cncnc2)ccc1OC)C1CCC(NC)CC1. The molecule has 6 heteroatoms. The van der Waals surface area contributed by atoms with E-state index in [1.165, 1.54) is 33.4 Å². The third-order valence-electron chi connectivity index (χ3n) is 7.51. The number of benzene rings is 2. The minimum absolute atomic E-state index is 0.431. The number of nitrogens with zero attached hydrogens (tertiary/aromatic N) is 3. The second-order valence-corrected chi connectivity index (χ2v) is 10.6. The van der Waals surface area contributed by atoms with Crippen molar-refractivity contribution in [1.82, 2.24) is 20.2 Å². The van der Waals surface area contributed by atoms with Gasteiger partial charge < -0.3 is 15.0 Å². The standard InChI is InChI=1S/C30H34N4OS/c1-20-27-7-5-6-8-29(27)36-30(20)21(2)34(26-12-10-25(31-3)11-13-26)18-23-15-22(9-14-28(23)35-4)24-16-32-19-33-17-24/h5-9,14-17,19,25-26,31H,2,10-13,18H2,1,3-4H3. The normalized spacial score (nSPS) is 17.8. The Morgan fingerprint density at radius 3 is 2.53 bits per heavy atom. The van der Waals surface area contributed by atoms with Crippen LogP contribution in [0.3, 0.4) is 0 Å². The summed E-state index contributed by atoms with van der Waals surface area (Å²) in [5, 5.41) is 4.79. The van der Waals surface area contributed by atoms with Gasteiger partial charge in [-0.25, -0.2) is 9.97 Å². The van der Waals surface area contributed by atoms with Gasteiger partial charge in [-0.1, -0.05) is 30.8 Å². The highest BCUT2D eigenvalue weighted by atomic mass is 32.1. The van der Waals surface area contributed by atoms with Gasteiger partial charge in [0.25, 0.3) is 0 Å². The van der Waals surface area contributed by atoms with Crippen LogP contribution in [0.2, 0.25) is 0 Å². The van der Waals surface area contributed by atoms with Gasteiger partial charge in [-0.3, -0.25) is 0 Å². The van der Waals surface area contributed by atoms with Crippen LogP contribution in [-0.4, -0.2) is 41.1 Å². The minimum Gasteiger partial charge on any atom is -0.496 e. The Bertz CT molecular complexity index is 1340. The zero-order chi connectivity index (χ0) is 25.1. The molecule has 186 valence electrons. The topological polar surface area (TPSA) is 50.3 Å². The first-order chi connectivity index (χ1) is 17.6. The van der Waals surface area contributed by atoms with E-state index in [4.69, 9.17) is 4.74 Å². The second kappa shape index (κ2) is 10.8. The van der Waals surface area contributed by atoms with Crippen LogP contribution in [0.4, 0.5) is 0 Å². The number of methoxy groups -OCH3 is 1. The highest BCUT2D eigenvalue weighted by molar-refractivity contribution is 7.20. The number of ether oxygens (including phenoxy) is 1. The van der Waals surface area contributed by atoms with E-state index >= 15 is 0 Å². The van der Waals surface area contributed by atoms with Gasteiger partial charge in [0, 0.05) is 52.5 Å². The molecule has 0 bridgehead atoms. The molecule has 1 aliphatic carbocycles. The lowest BCUT2D eigenvalue weighted by molar-refractivity contribution is 0.203. The fourth-order valence-corrected chi connectivity index (χ4v) is 6.61. The molecule has 1 saturated carbocycles. The van der Waals surface area contributed by atoms with E-state index in [2.05, 4.69) is 83.2 Å². The molecular weight excluding hydrogens is 464 g/mol. The molecule has 1 N–H and O–H groups in total. The number of aryl methyl sites for hydroxylation is 1. The van der Waals surface area contributed by atoms with Crippen molar-refractivity contribution in [3.8, 4) is 16.9 Å². The van der Waals surface area contributed by atoms with Gasteiger partial charge >= 0.3 is 0 Å². The van der Waals surface area contributed by atoms with Crippen molar-refractivity contribution in [3.05, 3.63) is 83.8 Å². The van der Waals surface area contributed by atoms with Gasteiger partial charge in [0.05, 0.1) is 12.0 Å². The Labute approximate surface area is 217 Å². The lowest BCUT2D eigenvalue weighted by Gasteiger charge is -2.39. The summed E-state index contributed by atoms with van der Waals surface area (Å²) in [5.74, 6) is 0.894. The van der Waals surface area contributed by atoms with Gasteiger partial charge in [-0.15, -0.1) is 11.3 Å². The van der Waals surface area contributed by atoms with Gasteiger partial charge in [-0.05, 0) is 74.4 Å². The molecule has 2 heterocycles. The number of aromatic nitrogens is 2. The van der Waals surface area contributed by atoms with Crippen LogP contribution >= 0.6 is 11.3 Å². The number of hydrogen-bond acceptors (Lipinski definition) is 6. The molecule has 0 atom stereocenters. The first kappa shape index (κ1) is 24.5. The highest BCUT2D eigenvalue weighted by Gasteiger charge is 2.29. The van der Waals surface area contributed by atoms with Gasteiger partial charge in [-0.2, -0.15) is 0 Å². The number of fused-ring (bicyclic) bond motifs is 1. The molecule has 0 spiro atoms. The molecule has 1 fully saturated rings. The van der Waals surface area contributed by atoms with Crippen molar-refractivity contribution >= 4 is 27.1 Å². The average molecular weight is 499 g/mol. The van der Waals surface area contributed by atoms with Crippen molar-refractivity contribution < 1.29 is 4.74 Å². The van der Waals surface area contributed by atoms with Gasteiger partial charge in [0.1, 0.15) is 12.1 Å². The maximum atomic E-state index is 5.82. The van der Waals surface area contributed by atoms with E-state index < -0.39 is 0 Å². The average Bonchev–Trinajstić information content (AvgIpc) is 3.28. The fourth-order valence-electron chi connectivity index (χ4n) is 5.41. The zero-order valence-corrected chi connectivity index (χ0v) is 22.1. The molecule has 0 unspecified atom stereocenters. The van der Waals surface area contributed by atoms with Crippen LogP contribution in [-0.2, 0) is 6.54 Å². The van der Waals surface area contributed by atoms with Crippen LogP contribution in [0.25, 0.3) is 26.9 Å². The minimum atomic E-state index is 0.431. The first-order valence-electron chi connectivity index (χ1n) is 12.6. The number of hydrogen-bond donors (Lipinski definition) is 1. The van der Waals surface area contributed by atoms with E-state index in [0.717, 1.165) is 47.5 Å². The molecule has 36 heavy (non-hydrogen) atoms. The summed E-state index contributed by atoms with van der Waals surface area (Å²) in [6.45, 7) is 7.66. The molecule has 0 aliphatic heterocycles. The van der Waals surface area contributed by atoms with Gasteiger partial charge in [0.2, 0.25) is 0 Å². The summed E-state index contributed by atoms with van der Waals surface area (Å²) in [5.41, 5.74) is 5.67. The molecule has 0 saturated heterocycles. The van der Waals surface area contributed by atoms with Crippen LogP contribution < -0.4 is 10.1 Å². The van der Waals surface area contributed by atoms with Crippen LogP contribution in [0, 0.1) is 6.92 Å². The lowest BCUT2D eigenvalue weighted by Crippen LogP contribution is -2.40. The van der Waals surface area contributed by atoms with E-state index in [1.54, 1.807) is 13.4 Å². The molecular formula is C30H34N4OS.